The Kier molecular flexibility index (Phi) is 18.1. The molecule has 0 spiro atoms. The van der Waals surface area contributed by atoms with E-state index in [-0.39, 0.29) is 88.6 Å². The number of halogens is 6. The van der Waals surface area contributed by atoms with Gasteiger partial charge >= 0.3 is 12.4 Å². The first-order chi connectivity index (χ1) is 39.2. The van der Waals surface area contributed by atoms with Gasteiger partial charge in [0.25, 0.3) is 20.2 Å². The van der Waals surface area contributed by atoms with E-state index in [4.69, 9.17) is 28.1 Å². The van der Waals surface area contributed by atoms with Crippen molar-refractivity contribution in [2.24, 2.45) is 0 Å². The van der Waals surface area contributed by atoms with Gasteiger partial charge in [0.1, 0.15) is 34.5 Å². The van der Waals surface area contributed by atoms with Gasteiger partial charge in [-0.3, -0.25) is 23.5 Å². The first-order valence-electron chi connectivity index (χ1n) is 25.3. The number of hydrogen-bond donors (Lipinski definition) is 2. The molecule has 8 aromatic rings. The number of carbonyl (C=O) groups excluding carboxylic acids is 3. The Morgan fingerprint density at radius 1 is 0.422 bits per heavy atom. The van der Waals surface area contributed by atoms with Crippen LogP contribution in [0.4, 0.5) is 26.3 Å². The summed E-state index contributed by atoms with van der Waals surface area (Å²) in [5, 5.41) is 0. The highest BCUT2D eigenvalue weighted by Gasteiger charge is 2.72. The molecule has 0 unspecified atom stereocenters. The number of benzene rings is 8. The predicted molar refractivity (Wildman–Crippen MR) is 296 cm³/mol. The average Bonchev–Trinajstić information content (AvgIpc) is 1.22. The molecule has 0 amide bonds. The molecule has 0 heterocycles. The van der Waals surface area contributed by atoms with Gasteiger partial charge in [0, 0.05) is 33.9 Å². The Labute approximate surface area is 473 Å². The van der Waals surface area contributed by atoms with Crippen LogP contribution < -0.4 is 18.9 Å². The molecular weight excluding hydrogens is 1130 g/mol. The standard InChI is InChI=1S/C62H50F6O13S2/c1-39-5-8-42(9-6-39)57(69)44-15-23-49(24-16-44)80-51-27-19-47(20-28-51)60(61(63,64)65,62(66,67)68)48-21-29-52(30-22-48)81-50-25-17-45(18-26-50)58(70)43-13-11-41(12-14-43)46-10-7-40(2)55(37-46)59(71)54-32-31-53(78-33-3-35-82(72,73)74)38-56(54)79-34-4-36-83(75,76)77/h5-32,37-38H,3-4,33-36H2,1-2H3,(H,72,73,74)(H,75,76,77). The summed E-state index contributed by atoms with van der Waals surface area (Å²) < 4.78 is 176. The smallest absolute Gasteiger partial charge is 0.411 e. The molecule has 8 aromatic carbocycles. The summed E-state index contributed by atoms with van der Waals surface area (Å²) in [6.07, 6.45) is -11.9. The molecule has 0 saturated heterocycles. The molecule has 0 aliphatic carbocycles. The number of ether oxygens (including phenoxy) is 4. The van der Waals surface area contributed by atoms with Gasteiger partial charge in [-0.05, 0) is 146 Å². The molecule has 0 fully saturated rings. The fraction of sp³-hybridized carbons (Fsp3) is 0.177. The molecule has 0 bridgehead atoms. The van der Waals surface area contributed by atoms with Gasteiger partial charge in [-0.25, -0.2) is 0 Å². The summed E-state index contributed by atoms with van der Waals surface area (Å²) in [5.41, 5.74) is -2.31. The van der Waals surface area contributed by atoms with Crippen molar-refractivity contribution in [2.75, 3.05) is 24.7 Å². The van der Waals surface area contributed by atoms with E-state index in [1.54, 1.807) is 73.7 Å². The molecule has 0 aliphatic rings. The Hall–Kier alpha value is -8.63. The maximum atomic E-state index is 15.1. The molecular formula is C62H50F6O13S2. The zero-order chi connectivity index (χ0) is 59.9. The lowest BCUT2D eigenvalue weighted by atomic mass is 9.73. The van der Waals surface area contributed by atoms with Crippen molar-refractivity contribution >= 4 is 37.6 Å². The zero-order valence-corrected chi connectivity index (χ0v) is 45.7. The quantitative estimate of drug-likeness (QED) is 0.0266. The van der Waals surface area contributed by atoms with Gasteiger partial charge < -0.3 is 18.9 Å². The average molecular weight is 1180 g/mol. The van der Waals surface area contributed by atoms with Crippen molar-refractivity contribution < 1.29 is 85.6 Å². The lowest BCUT2D eigenvalue weighted by Gasteiger charge is -2.38. The lowest BCUT2D eigenvalue weighted by molar-refractivity contribution is -0.288. The van der Waals surface area contributed by atoms with E-state index in [1.165, 1.54) is 66.7 Å². The molecule has 0 aromatic heterocycles. The van der Waals surface area contributed by atoms with Crippen LogP contribution >= 0.6 is 0 Å². The minimum atomic E-state index is -5.87. The summed E-state index contributed by atoms with van der Waals surface area (Å²) in [7, 11) is -8.52. The van der Waals surface area contributed by atoms with Crippen molar-refractivity contribution in [1.29, 1.82) is 0 Å². The lowest BCUT2D eigenvalue weighted by Crippen LogP contribution is -2.54. The van der Waals surface area contributed by atoms with Crippen LogP contribution in [0.3, 0.4) is 0 Å². The number of ketones is 3. The van der Waals surface area contributed by atoms with E-state index in [0.717, 1.165) is 29.8 Å². The molecule has 21 heteroatoms. The van der Waals surface area contributed by atoms with Crippen LogP contribution in [-0.4, -0.2) is 80.4 Å². The van der Waals surface area contributed by atoms with Crippen molar-refractivity contribution in [1.82, 2.24) is 0 Å². The van der Waals surface area contributed by atoms with Crippen LogP contribution in [0.2, 0.25) is 0 Å². The van der Waals surface area contributed by atoms with Crippen LogP contribution in [0.25, 0.3) is 11.1 Å². The Morgan fingerprint density at radius 3 is 1.22 bits per heavy atom. The molecule has 83 heavy (non-hydrogen) atoms. The van der Waals surface area contributed by atoms with E-state index >= 15 is 26.3 Å². The minimum absolute atomic E-state index is 0.0154. The third-order valence-corrected chi connectivity index (χ3v) is 14.8. The van der Waals surface area contributed by atoms with E-state index in [0.29, 0.717) is 52.1 Å². The van der Waals surface area contributed by atoms with Crippen molar-refractivity contribution in [2.45, 2.75) is 44.5 Å². The first-order valence-corrected chi connectivity index (χ1v) is 28.5. The highest BCUT2D eigenvalue weighted by molar-refractivity contribution is 7.86. The van der Waals surface area contributed by atoms with Gasteiger partial charge in [0.2, 0.25) is 5.41 Å². The Morgan fingerprint density at radius 2 is 0.795 bits per heavy atom. The fourth-order valence-corrected chi connectivity index (χ4v) is 9.91. The third-order valence-electron chi connectivity index (χ3n) is 13.2. The van der Waals surface area contributed by atoms with Crippen LogP contribution in [0.5, 0.6) is 34.5 Å². The number of carbonyl (C=O) groups is 3. The van der Waals surface area contributed by atoms with E-state index in [2.05, 4.69) is 0 Å². The number of hydrogen-bond acceptors (Lipinski definition) is 11. The van der Waals surface area contributed by atoms with Crippen LogP contribution in [0, 0.1) is 13.8 Å². The number of alkyl halides is 6. The van der Waals surface area contributed by atoms with Gasteiger partial charge in [0.05, 0.1) is 30.3 Å². The maximum Gasteiger partial charge on any atom is 0.411 e. The molecule has 8 rings (SSSR count). The van der Waals surface area contributed by atoms with Crippen molar-refractivity contribution in [3.05, 3.63) is 238 Å². The second-order valence-corrected chi connectivity index (χ2v) is 22.3. The fourth-order valence-electron chi connectivity index (χ4n) is 8.95. The van der Waals surface area contributed by atoms with E-state index in [9.17, 15) is 31.2 Å². The second-order valence-electron chi connectivity index (χ2n) is 19.1. The van der Waals surface area contributed by atoms with E-state index in [1.807, 2.05) is 6.92 Å². The second kappa shape index (κ2) is 24.8. The largest absolute Gasteiger partial charge is 0.493 e. The van der Waals surface area contributed by atoms with Gasteiger partial charge in [-0.1, -0.05) is 90.5 Å². The maximum absolute atomic E-state index is 15.1. The Bertz CT molecular complexity index is 3860. The van der Waals surface area contributed by atoms with Gasteiger partial charge in [-0.15, -0.1) is 0 Å². The SMILES string of the molecule is Cc1ccc(C(=O)c2ccc(Oc3ccc(C(c4ccc(Oc5ccc(C(=O)c6ccc(-c7ccc(C)c(C(=O)c8ccc(OCCCS(=O)(=O)O)cc8OCCCS(=O)(=O)O)c7)cc6)cc5)cc4)(C(F)(F)F)C(F)(F)F)cc3)cc2)cc1. The molecule has 0 saturated carbocycles. The van der Waals surface area contributed by atoms with E-state index < -0.39 is 72.2 Å². The topological polar surface area (TPSA) is 197 Å². The molecule has 2 N–H and O–H groups in total. The summed E-state index contributed by atoms with van der Waals surface area (Å²) >= 11 is 0. The van der Waals surface area contributed by atoms with Crippen LogP contribution in [0.1, 0.15) is 82.9 Å². The van der Waals surface area contributed by atoms with Gasteiger partial charge in [0.15, 0.2) is 17.3 Å². The zero-order valence-electron chi connectivity index (χ0n) is 44.0. The van der Waals surface area contributed by atoms with Crippen molar-refractivity contribution in [3.8, 4) is 45.6 Å². The highest BCUT2D eigenvalue weighted by atomic mass is 32.2. The monoisotopic (exact) mass is 1180 g/mol. The van der Waals surface area contributed by atoms with Gasteiger partial charge in [-0.2, -0.15) is 43.2 Å². The van der Waals surface area contributed by atoms with Crippen LogP contribution in [0.15, 0.2) is 182 Å². The summed E-state index contributed by atoms with van der Waals surface area (Å²) in [6.45, 7) is 3.27. The highest BCUT2D eigenvalue weighted by Crippen LogP contribution is 2.56. The molecule has 0 radical (unpaired) electrons. The third kappa shape index (κ3) is 14.7. The summed E-state index contributed by atoms with van der Waals surface area (Å²) in [5.74, 6) is -1.95. The minimum Gasteiger partial charge on any atom is -0.493 e. The first kappa shape index (κ1) is 60.5. The van der Waals surface area contributed by atoms with Crippen LogP contribution in [-0.2, 0) is 25.7 Å². The summed E-state index contributed by atoms with van der Waals surface area (Å²) in [4.78, 5) is 40.7. The molecule has 0 aliphatic heterocycles. The van der Waals surface area contributed by atoms with Crippen molar-refractivity contribution in [3.63, 3.8) is 0 Å². The Balaban J connectivity index is 0.929. The molecule has 430 valence electrons. The number of aryl methyl sites for hydroxylation is 2. The molecule has 0 atom stereocenters. The number of rotatable bonds is 23. The molecule has 13 nitrogen and oxygen atoms in total. The normalized spacial score (nSPS) is 12.1. The summed E-state index contributed by atoms with van der Waals surface area (Å²) in [6, 6.07) is 41.1. The predicted octanol–water partition coefficient (Wildman–Crippen LogP) is 14.0.